The van der Waals surface area contributed by atoms with E-state index in [1.54, 1.807) is 0 Å². The summed E-state index contributed by atoms with van der Waals surface area (Å²) < 4.78 is 5.47. The van der Waals surface area contributed by atoms with Crippen LogP contribution in [0, 0.1) is 0 Å². The summed E-state index contributed by atoms with van der Waals surface area (Å²) in [6.45, 7) is 11.2. The average molecular weight is 489 g/mol. The van der Waals surface area contributed by atoms with Crippen LogP contribution >= 0.6 is 0 Å². The van der Waals surface area contributed by atoms with E-state index in [1.165, 1.54) is 83.5 Å². The molecule has 0 radical (unpaired) electrons. The summed E-state index contributed by atoms with van der Waals surface area (Å²) in [7, 11) is 0. The second-order valence-corrected chi connectivity index (χ2v) is 11.4. The molecule has 1 aromatic carbocycles. The van der Waals surface area contributed by atoms with Crippen molar-refractivity contribution in [2.24, 2.45) is 0 Å². The number of carbonyl (C=O) groups is 1. The summed E-state index contributed by atoms with van der Waals surface area (Å²) in [6, 6.07) is 4.09. The molecule has 1 rings (SSSR count). The molecule has 0 saturated carbocycles. The summed E-state index contributed by atoms with van der Waals surface area (Å²) in [5, 5.41) is 10.5. The van der Waals surface area contributed by atoms with Crippen molar-refractivity contribution in [3.63, 3.8) is 0 Å². The van der Waals surface area contributed by atoms with Crippen molar-refractivity contribution in [3.8, 4) is 5.75 Å². The molecule has 0 aliphatic rings. The monoisotopic (exact) mass is 488 g/mol. The molecule has 0 bridgehead atoms. The zero-order chi connectivity index (χ0) is 25.9. The summed E-state index contributed by atoms with van der Waals surface area (Å²) in [5.41, 5.74) is 2.89. The van der Waals surface area contributed by atoms with Gasteiger partial charge in [0.25, 0.3) is 0 Å². The molecule has 0 atom stereocenters. The smallest absolute Gasteiger partial charge is 0.306 e. The minimum Gasteiger partial charge on any atom is -0.507 e. The van der Waals surface area contributed by atoms with Gasteiger partial charge in [-0.2, -0.15) is 0 Å². The number of esters is 1. The molecule has 0 fully saturated rings. The molecule has 1 N–H and O–H groups in total. The zero-order valence-electron chi connectivity index (χ0n) is 23.9. The Morgan fingerprint density at radius 3 is 1.71 bits per heavy atom. The molecule has 0 amide bonds. The maximum Gasteiger partial charge on any atom is 0.306 e. The van der Waals surface area contributed by atoms with Crippen LogP contribution in [-0.2, 0) is 27.8 Å². The van der Waals surface area contributed by atoms with E-state index in [9.17, 15) is 9.90 Å². The van der Waals surface area contributed by atoms with E-state index >= 15 is 0 Å². The van der Waals surface area contributed by atoms with Gasteiger partial charge in [0, 0.05) is 6.42 Å². The molecule has 0 unspecified atom stereocenters. The highest BCUT2D eigenvalue weighted by Crippen LogP contribution is 2.35. The van der Waals surface area contributed by atoms with Gasteiger partial charge < -0.3 is 9.84 Å². The lowest BCUT2D eigenvalue weighted by atomic mass is 9.83. The molecule has 35 heavy (non-hydrogen) atoms. The number of carbonyl (C=O) groups excluding carboxylic acids is 1. The SMILES string of the molecule is CCCCCCCCCCCCCCCCCOC(=O)CCc1cc(CC)c(O)c(C(C)(C)C)c1. The molecule has 3 nitrogen and oxygen atoms in total. The van der Waals surface area contributed by atoms with Gasteiger partial charge in [-0.05, 0) is 41.4 Å². The van der Waals surface area contributed by atoms with Crippen molar-refractivity contribution in [2.75, 3.05) is 6.61 Å². The molecule has 0 aromatic heterocycles. The predicted octanol–water partition coefficient (Wildman–Crippen LogP) is 9.60. The minimum absolute atomic E-state index is 0.112. The Kier molecular flexibility index (Phi) is 16.9. The number of ether oxygens (including phenoxy) is 1. The van der Waals surface area contributed by atoms with Gasteiger partial charge in [0.05, 0.1) is 6.61 Å². The maximum absolute atomic E-state index is 12.2. The van der Waals surface area contributed by atoms with Crippen molar-refractivity contribution in [1.82, 2.24) is 0 Å². The van der Waals surface area contributed by atoms with Crippen LogP contribution in [0.4, 0.5) is 0 Å². The number of phenolic OH excluding ortho intramolecular Hbond substituents is 1. The van der Waals surface area contributed by atoms with Gasteiger partial charge in [-0.25, -0.2) is 0 Å². The largest absolute Gasteiger partial charge is 0.507 e. The Bertz CT molecular complexity index is 687. The van der Waals surface area contributed by atoms with Crippen molar-refractivity contribution < 1.29 is 14.6 Å². The van der Waals surface area contributed by atoms with Gasteiger partial charge in [0.15, 0.2) is 0 Å². The Labute approximate surface area is 217 Å². The first-order chi connectivity index (χ1) is 16.8. The average Bonchev–Trinajstić information content (AvgIpc) is 2.82. The van der Waals surface area contributed by atoms with Gasteiger partial charge in [-0.1, -0.05) is 137 Å². The van der Waals surface area contributed by atoms with Gasteiger partial charge in [0.2, 0.25) is 0 Å². The Morgan fingerprint density at radius 1 is 0.771 bits per heavy atom. The Balaban J connectivity index is 2.05. The summed E-state index contributed by atoms with van der Waals surface area (Å²) in [6.07, 6.45) is 21.9. The molecular formula is C32H56O3. The maximum atomic E-state index is 12.2. The standard InChI is InChI=1S/C32H56O3/c1-6-8-9-10-11-12-13-14-15-16-17-18-19-20-21-24-35-30(33)23-22-27-25-28(7-2)31(34)29(26-27)32(3,4)5/h25-26,34H,6-24H2,1-5H3. The van der Waals surface area contributed by atoms with Crippen molar-refractivity contribution in [1.29, 1.82) is 0 Å². The van der Waals surface area contributed by atoms with Crippen LogP contribution in [0.15, 0.2) is 12.1 Å². The molecule has 0 heterocycles. The fourth-order valence-corrected chi connectivity index (χ4v) is 4.72. The molecule has 0 saturated heterocycles. The van der Waals surface area contributed by atoms with Gasteiger partial charge in [0.1, 0.15) is 5.75 Å². The first-order valence-corrected chi connectivity index (χ1v) is 14.8. The molecule has 1 aromatic rings. The first-order valence-electron chi connectivity index (χ1n) is 14.8. The number of benzene rings is 1. The number of rotatable bonds is 20. The Hall–Kier alpha value is -1.51. The van der Waals surface area contributed by atoms with E-state index in [2.05, 4.69) is 40.7 Å². The van der Waals surface area contributed by atoms with Gasteiger partial charge >= 0.3 is 5.97 Å². The lowest BCUT2D eigenvalue weighted by Crippen LogP contribution is -2.13. The first kappa shape index (κ1) is 31.5. The van der Waals surface area contributed by atoms with Crippen molar-refractivity contribution in [2.45, 2.75) is 156 Å². The Morgan fingerprint density at radius 2 is 1.26 bits per heavy atom. The van der Waals surface area contributed by atoms with Crippen LogP contribution in [0.1, 0.15) is 154 Å². The number of aryl methyl sites for hydroxylation is 2. The van der Waals surface area contributed by atoms with Crippen LogP contribution in [0.2, 0.25) is 0 Å². The highest BCUT2D eigenvalue weighted by Gasteiger charge is 2.21. The number of unbranched alkanes of at least 4 members (excludes halogenated alkanes) is 14. The highest BCUT2D eigenvalue weighted by atomic mass is 16.5. The third-order valence-electron chi connectivity index (χ3n) is 7.07. The third kappa shape index (κ3) is 14.6. The predicted molar refractivity (Wildman–Crippen MR) is 150 cm³/mol. The van der Waals surface area contributed by atoms with Crippen molar-refractivity contribution >= 4 is 5.97 Å². The zero-order valence-corrected chi connectivity index (χ0v) is 23.9. The van der Waals surface area contributed by atoms with E-state index < -0.39 is 0 Å². The van der Waals surface area contributed by atoms with E-state index in [-0.39, 0.29) is 11.4 Å². The lowest BCUT2D eigenvalue weighted by Gasteiger charge is -2.23. The van der Waals surface area contributed by atoms with E-state index in [1.807, 2.05) is 6.07 Å². The van der Waals surface area contributed by atoms with Crippen LogP contribution in [0.5, 0.6) is 5.75 Å². The number of phenols is 1. The van der Waals surface area contributed by atoms with E-state index in [4.69, 9.17) is 4.74 Å². The molecule has 202 valence electrons. The van der Waals surface area contributed by atoms with E-state index in [0.717, 1.165) is 36.0 Å². The van der Waals surface area contributed by atoms with E-state index in [0.29, 0.717) is 25.2 Å². The fourth-order valence-electron chi connectivity index (χ4n) is 4.72. The lowest BCUT2D eigenvalue weighted by molar-refractivity contribution is -0.143. The van der Waals surface area contributed by atoms with Crippen LogP contribution in [-0.4, -0.2) is 17.7 Å². The number of hydrogen-bond donors (Lipinski definition) is 1. The topological polar surface area (TPSA) is 46.5 Å². The van der Waals surface area contributed by atoms with Crippen LogP contribution in [0.3, 0.4) is 0 Å². The molecule has 0 spiro atoms. The quantitative estimate of drug-likeness (QED) is 0.147. The normalized spacial score (nSPS) is 11.7. The highest BCUT2D eigenvalue weighted by molar-refractivity contribution is 5.69. The van der Waals surface area contributed by atoms with Crippen molar-refractivity contribution in [3.05, 3.63) is 28.8 Å². The fraction of sp³-hybridized carbons (Fsp3) is 0.781. The second kappa shape index (κ2) is 18.7. The van der Waals surface area contributed by atoms with Gasteiger partial charge in [-0.3, -0.25) is 4.79 Å². The second-order valence-electron chi connectivity index (χ2n) is 11.4. The molecule has 3 heteroatoms. The summed E-state index contributed by atoms with van der Waals surface area (Å²) in [4.78, 5) is 12.2. The summed E-state index contributed by atoms with van der Waals surface area (Å²) >= 11 is 0. The van der Waals surface area contributed by atoms with Crippen LogP contribution < -0.4 is 0 Å². The van der Waals surface area contributed by atoms with Gasteiger partial charge in [-0.15, -0.1) is 0 Å². The third-order valence-corrected chi connectivity index (χ3v) is 7.07. The number of hydrogen-bond acceptors (Lipinski definition) is 3. The van der Waals surface area contributed by atoms with Crippen LogP contribution in [0.25, 0.3) is 0 Å². The number of aromatic hydroxyl groups is 1. The molecular weight excluding hydrogens is 432 g/mol. The molecule has 0 aliphatic carbocycles. The minimum atomic E-state index is -0.127. The summed E-state index contributed by atoms with van der Waals surface area (Å²) in [5.74, 6) is 0.290. The molecule has 0 aliphatic heterocycles.